The SMILES string of the molecule is C/C=C\CC=NCCC.CC. The Labute approximate surface area is 71.2 Å². The summed E-state index contributed by atoms with van der Waals surface area (Å²) in [4.78, 5) is 4.15. The summed E-state index contributed by atoms with van der Waals surface area (Å²) in [6, 6.07) is 0. The molecule has 0 aromatic heterocycles. The lowest BCUT2D eigenvalue weighted by Crippen LogP contribution is -1.76. The molecule has 0 spiro atoms. The lowest BCUT2D eigenvalue weighted by atomic mass is 10.4. The number of allylic oxidation sites excluding steroid dienone is 2. The molecule has 66 valence electrons. The van der Waals surface area contributed by atoms with Gasteiger partial charge in [-0.2, -0.15) is 0 Å². The van der Waals surface area contributed by atoms with E-state index < -0.39 is 0 Å². The predicted octanol–water partition coefficient (Wildman–Crippen LogP) is 3.46. The highest BCUT2D eigenvalue weighted by Gasteiger charge is 1.70. The van der Waals surface area contributed by atoms with E-state index in [0.29, 0.717) is 0 Å². The van der Waals surface area contributed by atoms with Crippen molar-refractivity contribution in [3.8, 4) is 0 Å². The highest BCUT2D eigenvalue weighted by Crippen LogP contribution is 1.80. The average molecular weight is 155 g/mol. The van der Waals surface area contributed by atoms with Gasteiger partial charge in [0.05, 0.1) is 0 Å². The molecular weight excluding hydrogens is 134 g/mol. The Morgan fingerprint density at radius 2 is 1.91 bits per heavy atom. The highest BCUT2D eigenvalue weighted by atomic mass is 14.7. The Kier molecular flexibility index (Phi) is 19.2. The molecule has 0 aromatic carbocycles. The van der Waals surface area contributed by atoms with E-state index in [0.717, 1.165) is 19.4 Å². The van der Waals surface area contributed by atoms with E-state index in [-0.39, 0.29) is 0 Å². The van der Waals surface area contributed by atoms with Crippen molar-refractivity contribution < 1.29 is 0 Å². The third-order valence-corrected chi connectivity index (χ3v) is 0.959. The van der Waals surface area contributed by atoms with Gasteiger partial charge in [0.15, 0.2) is 0 Å². The van der Waals surface area contributed by atoms with E-state index in [9.17, 15) is 0 Å². The minimum atomic E-state index is 0.970. The zero-order valence-electron chi connectivity index (χ0n) is 8.30. The average Bonchev–Trinajstić information content (AvgIpc) is 2.08. The molecule has 0 amide bonds. The van der Waals surface area contributed by atoms with Gasteiger partial charge in [-0.1, -0.05) is 32.9 Å². The lowest BCUT2D eigenvalue weighted by Gasteiger charge is -1.82. The number of hydrogen-bond donors (Lipinski definition) is 0. The first-order valence-electron chi connectivity index (χ1n) is 4.51. The van der Waals surface area contributed by atoms with Gasteiger partial charge in [0, 0.05) is 19.2 Å². The molecule has 0 aliphatic rings. The second-order valence-electron chi connectivity index (χ2n) is 1.89. The molecule has 0 rings (SSSR count). The Morgan fingerprint density at radius 3 is 2.36 bits per heavy atom. The topological polar surface area (TPSA) is 12.4 Å². The van der Waals surface area contributed by atoms with Crippen LogP contribution in [0.2, 0.25) is 0 Å². The first-order chi connectivity index (χ1) is 5.41. The Balaban J connectivity index is 0. The van der Waals surface area contributed by atoms with Crippen LogP contribution in [0.1, 0.15) is 40.5 Å². The maximum atomic E-state index is 4.15. The fourth-order valence-electron chi connectivity index (χ4n) is 0.492. The molecule has 0 saturated carbocycles. The van der Waals surface area contributed by atoms with Gasteiger partial charge in [0.25, 0.3) is 0 Å². The maximum absolute atomic E-state index is 4.15. The van der Waals surface area contributed by atoms with Gasteiger partial charge in [-0.3, -0.25) is 4.99 Å². The summed E-state index contributed by atoms with van der Waals surface area (Å²) in [6.45, 7) is 9.12. The summed E-state index contributed by atoms with van der Waals surface area (Å²) in [5.41, 5.74) is 0. The molecular formula is C10H21N. The van der Waals surface area contributed by atoms with Crippen LogP contribution in [0.15, 0.2) is 17.1 Å². The van der Waals surface area contributed by atoms with Gasteiger partial charge in [-0.25, -0.2) is 0 Å². The van der Waals surface area contributed by atoms with Gasteiger partial charge < -0.3 is 0 Å². The smallest absolute Gasteiger partial charge is 0.0382 e. The Bertz CT molecular complexity index is 93.0. The van der Waals surface area contributed by atoms with Crippen LogP contribution in [0.4, 0.5) is 0 Å². The maximum Gasteiger partial charge on any atom is 0.0382 e. The molecule has 11 heavy (non-hydrogen) atoms. The van der Waals surface area contributed by atoms with Crippen LogP contribution in [0.3, 0.4) is 0 Å². The van der Waals surface area contributed by atoms with E-state index in [2.05, 4.69) is 18.0 Å². The van der Waals surface area contributed by atoms with Gasteiger partial charge >= 0.3 is 0 Å². The fourth-order valence-corrected chi connectivity index (χ4v) is 0.492. The van der Waals surface area contributed by atoms with Crippen molar-refractivity contribution in [3.05, 3.63) is 12.2 Å². The van der Waals surface area contributed by atoms with Crippen LogP contribution in [-0.4, -0.2) is 12.8 Å². The number of hydrogen-bond acceptors (Lipinski definition) is 1. The fraction of sp³-hybridized carbons (Fsp3) is 0.700. The molecule has 1 heteroatoms. The summed E-state index contributed by atoms with van der Waals surface area (Å²) in [6.07, 6.45) is 8.23. The van der Waals surface area contributed by atoms with E-state index in [1.807, 2.05) is 33.1 Å². The Hall–Kier alpha value is -0.590. The molecule has 1 nitrogen and oxygen atoms in total. The number of aliphatic imine (C=N–C) groups is 1. The summed E-state index contributed by atoms with van der Waals surface area (Å²) in [5.74, 6) is 0. The lowest BCUT2D eigenvalue weighted by molar-refractivity contribution is 0.934. The van der Waals surface area contributed by atoms with Crippen molar-refractivity contribution in [1.29, 1.82) is 0 Å². The van der Waals surface area contributed by atoms with Crippen LogP contribution in [-0.2, 0) is 0 Å². The van der Waals surface area contributed by atoms with Crippen LogP contribution in [0, 0.1) is 0 Å². The van der Waals surface area contributed by atoms with Crippen molar-refractivity contribution in [1.82, 2.24) is 0 Å². The molecule has 0 bridgehead atoms. The molecule has 0 unspecified atom stereocenters. The summed E-state index contributed by atoms with van der Waals surface area (Å²) < 4.78 is 0. The predicted molar refractivity (Wildman–Crippen MR) is 54.4 cm³/mol. The van der Waals surface area contributed by atoms with Crippen molar-refractivity contribution in [3.63, 3.8) is 0 Å². The second kappa shape index (κ2) is 16.2. The Morgan fingerprint density at radius 1 is 1.27 bits per heavy atom. The molecule has 0 radical (unpaired) electrons. The minimum Gasteiger partial charge on any atom is -0.297 e. The molecule has 0 fully saturated rings. The molecule has 0 atom stereocenters. The van der Waals surface area contributed by atoms with Crippen LogP contribution in [0.5, 0.6) is 0 Å². The van der Waals surface area contributed by atoms with Crippen LogP contribution < -0.4 is 0 Å². The zero-order chi connectivity index (χ0) is 8.95. The molecule has 0 aromatic rings. The quantitative estimate of drug-likeness (QED) is 0.435. The summed E-state index contributed by atoms with van der Waals surface area (Å²) >= 11 is 0. The molecule has 0 aliphatic heterocycles. The largest absolute Gasteiger partial charge is 0.297 e. The molecule has 0 aliphatic carbocycles. The van der Waals surface area contributed by atoms with Crippen LogP contribution >= 0.6 is 0 Å². The molecule has 0 N–H and O–H groups in total. The van der Waals surface area contributed by atoms with E-state index in [1.165, 1.54) is 0 Å². The molecule has 0 saturated heterocycles. The normalized spacial score (nSPS) is 10.2. The highest BCUT2D eigenvalue weighted by molar-refractivity contribution is 5.59. The summed E-state index contributed by atoms with van der Waals surface area (Å²) in [7, 11) is 0. The minimum absolute atomic E-state index is 0.970. The second-order valence-corrected chi connectivity index (χ2v) is 1.89. The standard InChI is InChI=1S/C8H15N.C2H6/c1-3-5-6-8-9-7-4-2;1-2/h3,5,8H,4,6-7H2,1-2H3;1-2H3/b5-3-,9-8?;. The summed E-state index contributed by atoms with van der Waals surface area (Å²) in [5, 5.41) is 0. The van der Waals surface area contributed by atoms with E-state index in [4.69, 9.17) is 0 Å². The van der Waals surface area contributed by atoms with E-state index in [1.54, 1.807) is 0 Å². The van der Waals surface area contributed by atoms with Gasteiger partial charge in [-0.05, 0) is 13.3 Å². The third-order valence-electron chi connectivity index (χ3n) is 0.959. The third kappa shape index (κ3) is 17.7. The monoisotopic (exact) mass is 155 g/mol. The van der Waals surface area contributed by atoms with Crippen molar-refractivity contribution in [2.75, 3.05) is 6.54 Å². The van der Waals surface area contributed by atoms with Gasteiger partial charge in [0.2, 0.25) is 0 Å². The van der Waals surface area contributed by atoms with Crippen LogP contribution in [0.25, 0.3) is 0 Å². The molecule has 0 heterocycles. The number of nitrogens with zero attached hydrogens (tertiary/aromatic N) is 1. The van der Waals surface area contributed by atoms with Crippen molar-refractivity contribution in [2.45, 2.75) is 40.5 Å². The van der Waals surface area contributed by atoms with Gasteiger partial charge in [-0.15, -0.1) is 0 Å². The van der Waals surface area contributed by atoms with Crippen molar-refractivity contribution >= 4 is 6.21 Å². The number of rotatable bonds is 4. The first kappa shape index (κ1) is 13.0. The van der Waals surface area contributed by atoms with Crippen molar-refractivity contribution in [2.24, 2.45) is 4.99 Å². The van der Waals surface area contributed by atoms with E-state index >= 15 is 0 Å². The van der Waals surface area contributed by atoms with Gasteiger partial charge in [0.1, 0.15) is 0 Å². The first-order valence-corrected chi connectivity index (χ1v) is 4.51. The zero-order valence-corrected chi connectivity index (χ0v) is 8.30.